The van der Waals surface area contributed by atoms with Crippen LogP contribution < -0.4 is 9.46 Å². The van der Waals surface area contributed by atoms with E-state index in [9.17, 15) is 13.2 Å². The van der Waals surface area contributed by atoms with E-state index in [0.717, 1.165) is 5.56 Å². The molecule has 0 bridgehead atoms. The molecular formula is C20H23N3O4S. The zero-order valence-electron chi connectivity index (χ0n) is 16.0. The highest BCUT2D eigenvalue weighted by Gasteiger charge is 2.32. The molecule has 1 heterocycles. The molecule has 7 nitrogen and oxygen atoms in total. The number of para-hydroxylation sites is 1. The lowest BCUT2D eigenvalue weighted by atomic mass is 9.97. The molecule has 0 saturated heterocycles. The number of methoxy groups -OCH3 is 1. The van der Waals surface area contributed by atoms with E-state index in [2.05, 4.69) is 9.82 Å². The number of nitrogens with zero attached hydrogens (tertiary/aromatic N) is 2. The Morgan fingerprint density at radius 3 is 2.68 bits per heavy atom. The van der Waals surface area contributed by atoms with E-state index >= 15 is 0 Å². The second kappa shape index (κ2) is 8.02. The Labute approximate surface area is 165 Å². The Bertz CT molecular complexity index is 1020. The van der Waals surface area contributed by atoms with E-state index in [4.69, 9.17) is 4.74 Å². The first-order chi connectivity index (χ1) is 13.3. The third-order valence-corrected chi connectivity index (χ3v) is 5.89. The maximum absolute atomic E-state index is 12.2. The zero-order chi connectivity index (χ0) is 20.3. The molecule has 0 saturated carbocycles. The molecule has 1 aliphatic heterocycles. The summed E-state index contributed by atoms with van der Waals surface area (Å²) >= 11 is 0. The lowest BCUT2D eigenvalue weighted by molar-refractivity contribution is -0.130. The lowest BCUT2D eigenvalue weighted by Crippen LogP contribution is -2.24. The minimum atomic E-state index is -3.43. The number of carbonyl (C=O) groups is 1. The zero-order valence-corrected chi connectivity index (χ0v) is 16.9. The van der Waals surface area contributed by atoms with Crippen molar-refractivity contribution in [3.63, 3.8) is 0 Å². The summed E-state index contributed by atoms with van der Waals surface area (Å²) in [6.45, 7) is 3.04. The fourth-order valence-electron chi connectivity index (χ4n) is 3.14. The summed E-state index contributed by atoms with van der Waals surface area (Å²) in [5.41, 5.74) is 2.67. The van der Waals surface area contributed by atoms with Crippen molar-refractivity contribution in [2.24, 2.45) is 5.10 Å². The number of ether oxygens (including phenoxy) is 1. The first kappa shape index (κ1) is 19.9. The van der Waals surface area contributed by atoms with Gasteiger partial charge in [0, 0.05) is 18.9 Å². The van der Waals surface area contributed by atoms with Crippen LogP contribution in [-0.2, 0) is 14.8 Å². The summed E-state index contributed by atoms with van der Waals surface area (Å²) in [7, 11) is -1.84. The number of hydrogen-bond donors (Lipinski definition) is 1. The number of hydrogen-bond acceptors (Lipinski definition) is 5. The van der Waals surface area contributed by atoms with Gasteiger partial charge in [0.1, 0.15) is 5.75 Å². The van der Waals surface area contributed by atoms with E-state index in [1.54, 1.807) is 32.2 Å². The average Bonchev–Trinajstić information content (AvgIpc) is 3.14. The number of rotatable bonds is 6. The number of benzene rings is 2. The molecule has 8 heteroatoms. The molecule has 0 spiro atoms. The topological polar surface area (TPSA) is 88.1 Å². The number of sulfonamides is 1. The van der Waals surface area contributed by atoms with E-state index < -0.39 is 10.0 Å². The van der Waals surface area contributed by atoms with Gasteiger partial charge in [-0.3, -0.25) is 9.52 Å². The third kappa shape index (κ3) is 4.17. The van der Waals surface area contributed by atoms with Crippen LogP contribution in [0.4, 0.5) is 5.69 Å². The Balaban J connectivity index is 1.98. The second-order valence-electron chi connectivity index (χ2n) is 6.46. The van der Waals surface area contributed by atoms with Gasteiger partial charge in [-0.1, -0.05) is 30.3 Å². The average molecular weight is 401 g/mol. The highest BCUT2D eigenvalue weighted by atomic mass is 32.2. The molecule has 0 radical (unpaired) electrons. The van der Waals surface area contributed by atoms with Gasteiger partial charge in [0.15, 0.2) is 0 Å². The van der Waals surface area contributed by atoms with Crippen LogP contribution in [0.2, 0.25) is 0 Å². The van der Waals surface area contributed by atoms with Crippen LogP contribution in [0.25, 0.3) is 0 Å². The van der Waals surface area contributed by atoms with E-state index in [0.29, 0.717) is 29.1 Å². The smallest absolute Gasteiger partial charge is 0.240 e. The molecule has 0 fully saturated rings. The molecule has 3 rings (SSSR count). The van der Waals surface area contributed by atoms with E-state index in [1.807, 2.05) is 30.3 Å². The van der Waals surface area contributed by atoms with Crippen LogP contribution in [0.15, 0.2) is 53.6 Å². The van der Waals surface area contributed by atoms with Gasteiger partial charge >= 0.3 is 0 Å². The van der Waals surface area contributed by atoms with Crippen molar-refractivity contribution < 1.29 is 17.9 Å². The summed E-state index contributed by atoms with van der Waals surface area (Å²) < 4.78 is 32.0. The predicted octanol–water partition coefficient (Wildman–Crippen LogP) is 3.15. The fourth-order valence-corrected chi connectivity index (χ4v) is 3.79. The van der Waals surface area contributed by atoms with Gasteiger partial charge in [-0.2, -0.15) is 5.10 Å². The maximum Gasteiger partial charge on any atom is 0.240 e. The number of carbonyl (C=O) groups excluding carboxylic acids is 1. The lowest BCUT2D eigenvalue weighted by Gasteiger charge is -2.20. The first-order valence-electron chi connectivity index (χ1n) is 8.95. The molecule has 0 unspecified atom stereocenters. The van der Waals surface area contributed by atoms with Crippen LogP contribution in [0.5, 0.6) is 5.75 Å². The maximum atomic E-state index is 12.2. The van der Waals surface area contributed by atoms with E-state index in [1.165, 1.54) is 11.9 Å². The molecular weight excluding hydrogens is 378 g/mol. The van der Waals surface area contributed by atoms with Crippen molar-refractivity contribution in [1.29, 1.82) is 0 Å². The minimum absolute atomic E-state index is 0.0280. The Morgan fingerprint density at radius 1 is 1.25 bits per heavy atom. The van der Waals surface area contributed by atoms with Crippen LogP contribution in [-0.4, -0.2) is 37.9 Å². The van der Waals surface area contributed by atoms with Crippen molar-refractivity contribution in [3.8, 4) is 5.75 Å². The standard InChI is InChI=1S/C20H23N3O4S/c1-4-28(25,26)22-18-11-6-5-10-17(18)19-13-20(23(21-19)14(2)24)15-8-7-9-16(12-15)27-3/h5-12,20,22H,4,13H2,1-3H3/t20-/m1/s1. The van der Waals surface area contributed by atoms with E-state index in [-0.39, 0.29) is 17.7 Å². The molecule has 0 aliphatic carbocycles. The number of nitrogens with one attached hydrogen (secondary N) is 1. The predicted molar refractivity (Wildman–Crippen MR) is 109 cm³/mol. The second-order valence-corrected chi connectivity index (χ2v) is 8.47. The van der Waals surface area contributed by atoms with Gasteiger partial charge in [0.25, 0.3) is 0 Å². The Hall–Kier alpha value is -2.87. The fraction of sp³-hybridized carbons (Fsp3) is 0.300. The summed E-state index contributed by atoms with van der Waals surface area (Å²) in [6.07, 6.45) is 0.470. The van der Waals surface area contributed by atoms with Gasteiger partial charge in [-0.25, -0.2) is 13.4 Å². The Morgan fingerprint density at radius 2 is 2.00 bits per heavy atom. The monoisotopic (exact) mass is 401 g/mol. The van der Waals surface area contributed by atoms with Crippen LogP contribution in [0.3, 0.4) is 0 Å². The van der Waals surface area contributed by atoms with Crippen LogP contribution >= 0.6 is 0 Å². The molecule has 2 aromatic carbocycles. The SMILES string of the molecule is CCS(=O)(=O)Nc1ccccc1C1=NN(C(C)=O)[C@@H](c2cccc(OC)c2)C1. The van der Waals surface area contributed by atoms with Crippen molar-refractivity contribution in [2.45, 2.75) is 26.3 Å². The quantitative estimate of drug-likeness (QED) is 0.805. The van der Waals surface area contributed by atoms with Crippen LogP contribution in [0.1, 0.15) is 37.4 Å². The number of hydrazone groups is 1. The highest BCUT2D eigenvalue weighted by molar-refractivity contribution is 7.92. The molecule has 1 aliphatic rings. The first-order valence-corrected chi connectivity index (χ1v) is 10.6. The Kier molecular flexibility index (Phi) is 5.69. The van der Waals surface area contributed by atoms with Gasteiger partial charge in [-0.05, 0) is 30.7 Å². The molecule has 0 aromatic heterocycles. The van der Waals surface area contributed by atoms with Crippen molar-refractivity contribution in [2.75, 3.05) is 17.6 Å². The van der Waals surface area contributed by atoms with Crippen LogP contribution in [0, 0.1) is 0 Å². The summed E-state index contributed by atoms with van der Waals surface area (Å²) in [5, 5.41) is 5.95. The van der Waals surface area contributed by atoms with Gasteiger partial charge in [0.05, 0.1) is 30.3 Å². The summed E-state index contributed by atoms with van der Waals surface area (Å²) in [6, 6.07) is 14.3. The molecule has 1 atom stereocenters. The third-order valence-electron chi connectivity index (χ3n) is 4.60. The van der Waals surface area contributed by atoms with Gasteiger partial charge in [-0.15, -0.1) is 0 Å². The highest BCUT2D eigenvalue weighted by Crippen LogP contribution is 2.35. The number of amides is 1. The normalized spacial score (nSPS) is 16.6. The molecule has 1 N–H and O–H groups in total. The molecule has 28 heavy (non-hydrogen) atoms. The van der Waals surface area contributed by atoms with Gasteiger partial charge in [0.2, 0.25) is 15.9 Å². The van der Waals surface area contributed by atoms with Gasteiger partial charge < -0.3 is 4.74 Å². The largest absolute Gasteiger partial charge is 0.497 e. The summed E-state index contributed by atoms with van der Waals surface area (Å²) in [5.74, 6) is 0.486. The molecule has 2 aromatic rings. The number of anilines is 1. The van der Waals surface area contributed by atoms with Crippen molar-refractivity contribution >= 4 is 27.3 Å². The molecule has 1 amide bonds. The molecule has 148 valence electrons. The van der Waals surface area contributed by atoms with Crippen molar-refractivity contribution in [3.05, 3.63) is 59.7 Å². The minimum Gasteiger partial charge on any atom is -0.497 e. The van der Waals surface area contributed by atoms with Crippen molar-refractivity contribution in [1.82, 2.24) is 5.01 Å². The summed E-state index contributed by atoms with van der Waals surface area (Å²) in [4.78, 5) is 12.2.